The molecule has 1 aliphatic rings. The Labute approximate surface area is 274 Å². The number of benzene rings is 4. The van der Waals surface area contributed by atoms with Gasteiger partial charge in [-0.1, -0.05) is 60.7 Å². The molecule has 2 amide bonds. The zero-order valence-corrected chi connectivity index (χ0v) is 26.2. The van der Waals surface area contributed by atoms with E-state index in [4.69, 9.17) is 0 Å². The van der Waals surface area contributed by atoms with E-state index in [1.165, 1.54) is 17.0 Å². The van der Waals surface area contributed by atoms with Crippen molar-refractivity contribution < 1.29 is 22.8 Å². The highest BCUT2D eigenvalue weighted by Crippen LogP contribution is 2.40. The number of aromatic amines is 1. The Kier molecular flexibility index (Phi) is 8.04. The first-order chi connectivity index (χ1) is 23.2. The number of nitrogens with one attached hydrogen (secondary N) is 1. The third kappa shape index (κ3) is 5.61. The molecule has 0 saturated carbocycles. The van der Waals surface area contributed by atoms with Crippen molar-refractivity contribution in [3.8, 4) is 17.1 Å². The Morgan fingerprint density at radius 1 is 0.896 bits per heavy atom. The number of hydrogen-bond acceptors (Lipinski definition) is 4. The number of anilines is 1. The van der Waals surface area contributed by atoms with Crippen LogP contribution in [0, 0.1) is 17.5 Å². The molecule has 8 nitrogen and oxygen atoms in total. The Hall–Kier alpha value is -5.71. The summed E-state index contributed by atoms with van der Waals surface area (Å²) in [6.45, 7) is 3.60. The molecule has 48 heavy (non-hydrogen) atoms. The van der Waals surface area contributed by atoms with Crippen LogP contribution < -0.4 is 4.90 Å². The molecule has 11 heteroatoms. The molecule has 3 heterocycles. The fourth-order valence-corrected chi connectivity index (χ4v) is 6.32. The smallest absolute Gasteiger partial charge is 0.243 e. The molecule has 1 aliphatic heterocycles. The molecular weight excluding hydrogens is 617 g/mol. The Morgan fingerprint density at radius 2 is 1.58 bits per heavy atom. The highest BCUT2D eigenvalue weighted by molar-refractivity contribution is 6.05. The van der Waals surface area contributed by atoms with Crippen LogP contribution in [0.25, 0.3) is 28.0 Å². The summed E-state index contributed by atoms with van der Waals surface area (Å²) in [6, 6.07) is 24.5. The molecule has 6 aromatic rings. The minimum atomic E-state index is -1.18. The molecule has 242 valence electrons. The monoisotopic (exact) mass is 648 g/mol. The molecule has 2 aromatic heterocycles. The lowest BCUT2D eigenvalue weighted by atomic mass is 9.96. The maximum absolute atomic E-state index is 15.1. The molecule has 0 radical (unpaired) electrons. The van der Waals surface area contributed by atoms with Crippen LogP contribution >= 0.6 is 0 Å². The van der Waals surface area contributed by atoms with Crippen molar-refractivity contribution in [2.24, 2.45) is 0 Å². The first-order valence-corrected chi connectivity index (χ1v) is 15.6. The first kappa shape index (κ1) is 30.9. The van der Waals surface area contributed by atoms with Gasteiger partial charge in [0.2, 0.25) is 11.8 Å². The van der Waals surface area contributed by atoms with Gasteiger partial charge in [0.05, 0.1) is 11.4 Å². The number of fused-ring (bicyclic) bond motifs is 4. The summed E-state index contributed by atoms with van der Waals surface area (Å²) in [5.74, 6) is -4.27. The fraction of sp³-hybridized carbons (Fsp3) is 0.189. The van der Waals surface area contributed by atoms with Crippen molar-refractivity contribution in [2.75, 3.05) is 11.4 Å². The van der Waals surface area contributed by atoms with Crippen LogP contribution in [0.3, 0.4) is 0 Å². The Bertz CT molecular complexity index is 2150. The van der Waals surface area contributed by atoms with Crippen LogP contribution in [-0.4, -0.2) is 49.0 Å². The molecule has 1 atom stereocenters. The zero-order chi connectivity index (χ0) is 33.5. The highest BCUT2D eigenvalue weighted by atomic mass is 19.2. The molecule has 0 saturated heterocycles. The standard InChI is InChI=1S/C37H31F3N6O2/c1-22(2)44(20-23-9-5-3-6-10-23)34(47)21-45-32-17-29(39)30(40)18-33(32)46-35(24-11-7-4-8-12-24)42-43-36(46)28(37(45)48)15-25-19-41-31-14-13-26(38)16-27(25)31/h3-14,16-19,22,28,41H,15,20-21H2,1-2H3. The highest BCUT2D eigenvalue weighted by Gasteiger charge is 2.40. The minimum absolute atomic E-state index is 0.00127. The van der Waals surface area contributed by atoms with Crippen LogP contribution in [-0.2, 0) is 22.6 Å². The largest absolute Gasteiger partial charge is 0.361 e. The van der Waals surface area contributed by atoms with Crippen LogP contribution in [0.1, 0.15) is 36.7 Å². The van der Waals surface area contributed by atoms with Crippen LogP contribution in [0.2, 0.25) is 0 Å². The van der Waals surface area contributed by atoms with E-state index in [-0.39, 0.29) is 42.1 Å². The zero-order valence-electron chi connectivity index (χ0n) is 26.2. The molecule has 0 aliphatic carbocycles. The molecule has 1 N–H and O–H groups in total. The normalized spacial score (nSPS) is 14.2. The van der Waals surface area contributed by atoms with Crippen LogP contribution in [0.15, 0.2) is 97.2 Å². The van der Waals surface area contributed by atoms with Crippen molar-refractivity contribution in [2.45, 2.75) is 38.8 Å². The molecule has 0 bridgehead atoms. The summed E-state index contributed by atoms with van der Waals surface area (Å²) in [5, 5.41) is 9.45. The Balaban J connectivity index is 1.39. The van der Waals surface area contributed by atoms with Crippen molar-refractivity contribution in [1.29, 1.82) is 0 Å². The maximum Gasteiger partial charge on any atom is 0.243 e. The number of carbonyl (C=O) groups excluding carboxylic acids is 2. The second kappa shape index (κ2) is 12.5. The number of nitrogens with zero attached hydrogens (tertiary/aromatic N) is 5. The van der Waals surface area contributed by atoms with Gasteiger partial charge in [-0.15, -0.1) is 10.2 Å². The third-order valence-corrected chi connectivity index (χ3v) is 8.73. The SMILES string of the molecule is CC(C)N(Cc1ccccc1)C(=O)CN1C(=O)C(Cc2c[nH]c3ccc(F)cc23)c2nnc(-c3ccccc3)n2-c2cc(F)c(F)cc21. The van der Waals surface area contributed by atoms with E-state index < -0.39 is 35.8 Å². The summed E-state index contributed by atoms with van der Waals surface area (Å²) in [6.07, 6.45) is 1.74. The number of carbonyl (C=O) groups is 2. The minimum Gasteiger partial charge on any atom is -0.361 e. The second-order valence-electron chi connectivity index (χ2n) is 12.1. The van der Waals surface area contributed by atoms with Gasteiger partial charge in [-0.05, 0) is 49.6 Å². The Morgan fingerprint density at radius 3 is 2.29 bits per heavy atom. The number of hydrogen-bond donors (Lipinski definition) is 1. The van der Waals surface area contributed by atoms with E-state index in [1.54, 1.807) is 46.0 Å². The number of halogens is 3. The maximum atomic E-state index is 15.1. The lowest BCUT2D eigenvalue weighted by molar-refractivity contribution is -0.133. The van der Waals surface area contributed by atoms with Crippen molar-refractivity contribution >= 4 is 28.4 Å². The molecular formula is C37H31F3N6O2. The average molecular weight is 649 g/mol. The van der Waals surface area contributed by atoms with Gasteiger partial charge in [0.25, 0.3) is 0 Å². The van der Waals surface area contributed by atoms with Crippen LogP contribution in [0.4, 0.5) is 18.9 Å². The van der Waals surface area contributed by atoms with E-state index in [2.05, 4.69) is 15.2 Å². The van der Waals surface area contributed by atoms with Crippen molar-refractivity contribution in [1.82, 2.24) is 24.6 Å². The first-order valence-electron chi connectivity index (χ1n) is 15.6. The van der Waals surface area contributed by atoms with E-state index in [1.807, 2.05) is 50.2 Å². The summed E-state index contributed by atoms with van der Waals surface area (Å²) in [5.41, 5.74) is 2.94. The van der Waals surface area contributed by atoms with Gasteiger partial charge in [0.15, 0.2) is 23.3 Å². The molecule has 7 rings (SSSR count). The summed E-state index contributed by atoms with van der Waals surface area (Å²) < 4.78 is 46.1. The number of rotatable bonds is 8. The predicted molar refractivity (Wildman–Crippen MR) is 176 cm³/mol. The second-order valence-corrected chi connectivity index (χ2v) is 12.1. The van der Waals surface area contributed by atoms with E-state index in [0.29, 0.717) is 27.9 Å². The topological polar surface area (TPSA) is 87.1 Å². The van der Waals surface area contributed by atoms with Gasteiger partial charge in [-0.2, -0.15) is 0 Å². The number of amides is 2. The van der Waals surface area contributed by atoms with Gasteiger partial charge in [0, 0.05) is 47.4 Å². The third-order valence-electron chi connectivity index (χ3n) is 8.73. The van der Waals surface area contributed by atoms with Crippen molar-refractivity contribution in [3.63, 3.8) is 0 Å². The summed E-state index contributed by atoms with van der Waals surface area (Å²) in [4.78, 5) is 34.9. The molecule has 0 fully saturated rings. The van der Waals surface area contributed by atoms with E-state index >= 15 is 8.78 Å². The summed E-state index contributed by atoms with van der Waals surface area (Å²) >= 11 is 0. The van der Waals surface area contributed by atoms with Crippen molar-refractivity contribution in [3.05, 3.63) is 132 Å². The fourth-order valence-electron chi connectivity index (χ4n) is 6.32. The lowest BCUT2D eigenvalue weighted by Crippen LogP contribution is -2.46. The van der Waals surface area contributed by atoms with Gasteiger partial charge in [-0.3, -0.25) is 14.2 Å². The van der Waals surface area contributed by atoms with E-state index in [9.17, 15) is 14.0 Å². The lowest BCUT2D eigenvalue weighted by Gasteiger charge is -2.31. The van der Waals surface area contributed by atoms with Crippen LogP contribution in [0.5, 0.6) is 0 Å². The quantitative estimate of drug-likeness (QED) is 0.194. The summed E-state index contributed by atoms with van der Waals surface area (Å²) in [7, 11) is 0. The average Bonchev–Trinajstić information content (AvgIpc) is 3.68. The van der Waals surface area contributed by atoms with Gasteiger partial charge in [0.1, 0.15) is 18.3 Å². The molecule has 1 unspecified atom stereocenters. The predicted octanol–water partition coefficient (Wildman–Crippen LogP) is 6.94. The van der Waals surface area contributed by atoms with Gasteiger partial charge in [-0.25, -0.2) is 13.2 Å². The molecule has 0 spiro atoms. The number of aromatic nitrogens is 4. The number of H-pyrrole nitrogens is 1. The van der Waals surface area contributed by atoms with Gasteiger partial charge < -0.3 is 14.8 Å². The van der Waals surface area contributed by atoms with E-state index in [0.717, 1.165) is 17.7 Å². The molecule has 4 aromatic carbocycles. The van der Waals surface area contributed by atoms with Gasteiger partial charge >= 0.3 is 0 Å².